The van der Waals surface area contributed by atoms with Gasteiger partial charge in [0.1, 0.15) is 0 Å². The fraction of sp³-hybridized carbons (Fsp3) is 0.611. The van der Waals surface area contributed by atoms with Crippen LogP contribution >= 0.6 is 0 Å². The Morgan fingerprint density at radius 3 is 2.91 bits per heavy atom. The van der Waals surface area contributed by atoms with Crippen LogP contribution in [0.4, 0.5) is 5.69 Å². The molecule has 1 amide bonds. The SMILES string of the molecule is Cc1ccccc1N1CCCN(C(=O)C[C@@H]2COCCN2)CC1. The second kappa shape index (κ2) is 7.79. The molecule has 2 aliphatic heterocycles. The summed E-state index contributed by atoms with van der Waals surface area (Å²) in [5.74, 6) is 0.250. The summed E-state index contributed by atoms with van der Waals surface area (Å²) in [5.41, 5.74) is 2.60. The van der Waals surface area contributed by atoms with E-state index in [9.17, 15) is 4.79 Å². The van der Waals surface area contributed by atoms with E-state index in [1.165, 1.54) is 11.3 Å². The maximum Gasteiger partial charge on any atom is 0.224 e. The third-order valence-corrected chi connectivity index (χ3v) is 4.72. The van der Waals surface area contributed by atoms with Crippen molar-refractivity contribution < 1.29 is 9.53 Å². The van der Waals surface area contributed by atoms with Crippen molar-refractivity contribution >= 4 is 11.6 Å². The van der Waals surface area contributed by atoms with Crippen LogP contribution in [0.3, 0.4) is 0 Å². The molecule has 126 valence electrons. The van der Waals surface area contributed by atoms with Crippen molar-refractivity contribution in [1.82, 2.24) is 10.2 Å². The van der Waals surface area contributed by atoms with Gasteiger partial charge in [0.05, 0.1) is 13.2 Å². The zero-order valence-electron chi connectivity index (χ0n) is 14.0. The van der Waals surface area contributed by atoms with Crippen molar-refractivity contribution in [3.05, 3.63) is 29.8 Å². The summed E-state index contributed by atoms with van der Waals surface area (Å²) < 4.78 is 5.44. The van der Waals surface area contributed by atoms with Gasteiger partial charge >= 0.3 is 0 Å². The number of carbonyl (C=O) groups excluding carboxylic acids is 1. The van der Waals surface area contributed by atoms with Gasteiger partial charge < -0.3 is 19.9 Å². The quantitative estimate of drug-likeness (QED) is 0.916. The van der Waals surface area contributed by atoms with Crippen LogP contribution in [0.1, 0.15) is 18.4 Å². The van der Waals surface area contributed by atoms with Crippen LogP contribution < -0.4 is 10.2 Å². The molecule has 0 spiro atoms. The Labute approximate surface area is 138 Å². The number of para-hydroxylation sites is 1. The molecule has 3 rings (SSSR count). The Morgan fingerprint density at radius 1 is 1.26 bits per heavy atom. The number of ether oxygens (including phenoxy) is 1. The molecule has 0 radical (unpaired) electrons. The van der Waals surface area contributed by atoms with Crippen molar-refractivity contribution in [3.8, 4) is 0 Å². The lowest BCUT2D eigenvalue weighted by molar-refractivity contribution is -0.132. The average Bonchev–Trinajstić information content (AvgIpc) is 2.82. The number of nitrogens with zero attached hydrogens (tertiary/aromatic N) is 2. The molecular formula is C18H27N3O2. The highest BCUT2D eigenvalue weighted by Gasteiger charge is 2.23. The van der Waals surface area contributed by atoms with Crippen LogP contribution in [0.25, 0.3) is 0 Å². The molecule has 1 N–H and O–H groups in total. The highest BCUT2D eigenvalue weighted by molar-refractivity contribution is 5.77. The Morgan fingerprint density at radius 2 is 2.13 bits per heavy atom. The van der Waals surface area contributed by atoms with Gasteiger partial charge in [0.2, 0.25) is 5.91 Å². The molecule has 2 heterocycles. The van der Waals surface area contributed by atoms with E-state index >= 15 is 0 Å². The molecule has 2 saturated heterocycles. The van der Waals surface area contributed by atoms with Crippen molar-refractivity contribution in [2.75, 3.05) is 50.8 Å². The number of hydrogen-bond acceptors (Lipinski definition) is 4. The second-order valence-corrected chi connectivity index (χ2v) is 6.44. The van der Waals surface area contributed by atoms with E-state index in [0.717, 1.165) is 45.8 Å². The highest BCUT2D eigenvalue weighted by Crippen LogP contribution is 2.21. The molecule has 23 heavy (non-hydrogen) atoms. The van der Waals surface area contributed by atoms with E-state index < -0.39 is 0 Å². The number of amides is 1. The van der Waals surface area contributed by atoms with E-state index in [1.807, 2.05) is 4.90 Å². The van der Waals surface area contributed by atoms with Crippen LogP contribution in [0, 0.1) is 6.92 Å². The van der Waals surface area contributed by atoms with Gasteiger partial charge in [-0.15, -0.1) is 0 Å². The topological polar surface area (TPSA) is 44.8 Å². The number of anilines is 1. The van der Waals surface area contributed by atoms with Crippen molar-refractivity contribution in [2.24, 2.45) is 0 Å². The van der Waals surface area contributed by atoms with Gasteiger partial charge in [0.25, 0.3) is 0 Å². The fourth-order valence-electron chi connectivity index (χ4n) is 3.42. The molecule has 2 fully saturated rings. The largest absolute Gasteiger partial charge is 0.378 e. The smallest absolute Gasteiger partial charge is 0.224 e. The third kappa shape index (κ3) is 4.24. The molecule has 1 atom stereocenters. The maximum absolute atomic E-state index is 12.5. The van der Waals surface area contributed by atoms with E-state index in [0.29, 0.717) is 13.0 Å². The minimum absolute atomic E-state index is 0.173. The number of benzene rings is 1. The molecule has 0 aromatic heterocycles. The van der Waals surface area contributed by atoms with E-state index in [4.69, 9.17) is 4.74 Å². The predicted octanol–water partition coefficient (Wildman–Crippen LogP) is 1.41. The van der Waals surface area contributed by atoms with Crippen molar-refractivity contribution in [3.63, 3.8) is 0 Å². The Hall–Kier alpha value is -1.59. The summed E-state index contributed by atoms with van der Waals surface area (Å²) in [7, 11) is 0. The zero-order chi connectivity index (χ0) is 16.1. The standard InChI is InChI=1S/C18H27N3O2/c1-15-5-2-3-6-17(15)20-8-4-9-21(11-10-20)18(22)13-16-14-23-12-7-19-16/h2-3,5-6,16,19H,4,7-14H2,1H3/t16-/m1/s1. The highest BCUT2D eigenvalue weighted by atomic mass is 16.5. The zero-order valence-corrected chi connectivity index (χ0v) is 14.0. The van der Waals surface area contributed by atoms with Gasteiger partial charge in [-0.1, -0.05) is 18.2 Å². The predicted molar refractivity (Wildman–Crippen MR) is 91.8 cm³/mol. The van der Waals surface area contributed by atoms with Gasteiger partial charge in [-0.25, -0.2) is 0 Å². The molecule has 5 nitrogen and oxygen atoms in total. The molecular weight excluding hydrogens is 290 g/mol. The third-order valence-electron chi connectivity index (χ3n) is 4.72. The minimum atomic E-state index is 0.173. The van der Waals surface area contributed by atoms with Crippen LogP contribution in [-0.2, 0) is 9.53 Å². The number of carbonyl (C=O) groups is 1. The monoisotopic (exact) mass is 317 g/mol. The summed E-state index contributed by atoms with van der Waals surface area (Å²) in [6, 6.07) is 8.66. The normalized spacial score (nSPS) is 22.7. The molecule has 1 aromatic rings. The summed E-state index contributed by atoms with van der Waals surface area (Å²) in [5, 5.41) is 3.36. The molecule has 0 bridgehead atoms. The van der Waals surface area contributed by atoms with Crippen molar-refractivity contribution in [1.29, 1.82) is 0 Å². The van der Waals surface area contributed by atoms with E-state index in [1.54, 1.807) is 0 Å². The Balaban J connectivity index is 1.55. The van der Waals surface area contributed by atoms with Gasteiger partial charge in [-0.3, -0.25) is 4.79 Å². The molecule has 0 unspecified atom stereocenters. The molecule has 0 aliphatic carbocycles. The lowest BCUT2D eigenvalue weighted by Crippen LogP contribution is -2.45. The molecule has 1 aromatic carbocycles. The fourth-order valence-corrected chi connectivity index (χ4v) is 3.42. The number of nitrogens with one attached hydrogen (secondary N) is 1. The van der Waals surface area contributed by atoms with Crippen molar-refractivity contribution in [2.45, 2.75) is 25.8 Å². The first-order valence-corrected chi connectivity index (χ1v) is 8.63. The first-order chi connectivity index (χ1) is 11.2. The van der Waals surface area contributed by atoms with Gasteiger partial charge in [-0.05, 0) is 25.0 Å². The van der Waals surface area contributed by atoms with Gasteiger partial charge in [0.15, 0.2) is 0 Å². The second-order valence-electron chi connectivity index (χ2n) is 6.44. The summed E-state index contributed by atoms with van der Waals surface area (Å²) in [6.07, 6.45) is 1.57. The Bertz CT molecular complexity index is 529. The number of hydrogen-bond donors (Lipinski definition) is 1. The maximum atomic E-state index is 12.5. The summed E-state index contributed by atoms with van der Waals surface area (Å²) in [4.78, 5) is 17.0. The number of aryl methyl sites for hydroxylation is 1. The summed E-state index contributed by atoms with van der Waals surface area (Å²) >= 11 is 0. The van der Waals surface area contributed by atoms with Crippen LogP contribution in [0.2, 0.25) is 0 Å². The van der Waals surface area contributed by atoms with Crippen LogP contribution in [0.15, 0.2) is 24.3 Å². The number of morpholine rings is 1. The average molecular weight is 317 g/mol. The molecule has 2 aliphatic rings. The van der Waals surface area contributed by atoms with Gasteiger partial charge in [0, 0.05) is 50.9 Å². The number of rotatable bonds is 3. The summed E-state index contributed by atoms with van der Waals surface area (Å²) in [6.45, 7) is 7.98. The lowest BCUT2D eigenvalue weighted by Gasteiger charge is -2.27. The molecule has 5 heteroatoms. The molecule has 0 saturated carbocycles. The van der Waals surface area contributed by atoms with E-state index in [2.05, 4.69) is 41.4 Å². The van der Waals surface area contributed by atoms with Gasteiger partial charge in [-0.2, -0.15) is 0 Å². The Kier molecular flexibility index (Phi) is 5.51. The van der Waals surface area contributed by atoms with Crippen LogP contribution in [-0.4, -0.2) is 62.8 Å². The first kappa shape index (κ1) is 16.3. The first-order valence-electron chi connectivity index (χ1n) is 8.63. The lowest BCUT2D eigenvalue weighted by atomic mass is 10.1. The van der Waals surface area contributed by atoms with Crippen LogP contribution in [0.5, 0.6) is 0 Å². The minimum Gasteiger partial charge on any atom is -0.378 e. The van der Waals surface area contributed by atoms with E-state index in [-0.39, 0.29) is 11.9 Å².